The molecule has 3 N–H and O–H groups in total. The molecule has 1 unspecified atom stereocenters. The molecule has 0 aliphatic carbocycles. The molecule has 8 nitrogen and oxygen atoms in total. The predicted octanol–water partition coefficient (Wildman–Crippen LogP) is 3.62. The first-order valence-corrected chi connectivity index (χ1v) is 11.4. The van der Waals surface area contributed by atoms with Gasteiger partial charge in [-0.2, -0.15) is 0 Å². The Balaban J connectivity index is 1.63. The Hall–Kier alpha value is -4.22. The molecule has 1 aromatic heterocycles. The van der Waals surface area contributed by atoms with E-state index in [1.165, 1.54) is 6.33 Å². The van der Waals surface area contributed by atoms with Crippen LogP contribution in [0.5, 0.6) is 0 Å². The minimum atomic E-state index is -0.556. The number of carbonyl (C=O) groups excluding carboxylic acids is 2. The number of amides is 1. The molecular formula is C27H28N6O2. The van der Waals surface area contributed by atoms with Crippen LogP contribution < -0.4 is 16.0 Å². The number of carbonyl (C=O) groups is 2. The molecule has 6 bridgehead atoms. The van der Waals surface area contributed by atoms with Crippen LogP contribution in [0.3, 0.4) is 0 Å². The Kier molecular flexibility index (Phi) is 7.70. The van der Waals surface area contributed by atoms with Crippen LogP contribution in [-0.4, -0.2) is 40.2 Å². The fraction of sp³-hybridized carbons (Fsp3) is 0.259. The van der Waals surface area contributed by atoms with Crippen LogP contribution in [0.1, 0.15) is 24.0 Å². The van der Waals surface area contributed by atoms with E-state index in [0.717, 1.165) is 22.5 Å². The summed E-state index contributed by atoms with van der Waals surface area (Å²) in [6.07, 6.45) is 7.31. The third-order valence-corrected chi connectivity index (χ3v) is 5.64. The van der Waals surface area contributed by atoms with Crippen molar-refractivity contribution in [3.05, 3.63) is 72.1 Å². The van der Waals surface area contributed by atoms with Gasteiger partial charge in [-0.1, -0.05) is 24.3 Å². The molecule has 2 heterocycles. The van der Waals surface area contributed by atoms with Crippen LogP contribution in [0.2, 0.25) is 0 Å². The van der Waals surface area contributed by atoms with Gasteiger partial charge in [0.2, 0.25) is 5.91 Å². The van der Waals surface area contributed by atoms with Gasteiger partial charge in [-0.05, 0) is 42.4 Å². The van der Waals surface area contributed by atoms with Gasteiger partial charge in [0.25, 0.3) is 0 Å². The number of Topliss-reactive ketones (excluding diaryl/α,β-unsaturated/α-hetero) is 1. The largest absolute Gasteiger partial charge is 0.352 e. The Morgan fingerprint density at radius 2 is 1.63 bits per heavy atom. The van der Waals surface area contributed by atoms with Gasteiger partial charge in [0.1, 0.15) is 23.7 Å². The zero-order chi connectivity index (χ0) is 24.6. The molecule has 1 amide bonds. The van der Waals surface area contributed by atoms with Gasteiger partial charge in [0.15, 0.2) is 0 Å². The molecule has 35 heavy (non-hydrogen) atoms. The van der Waals surface area contributed by atoms with Gasteiger partial charge < -0.3 is 16.0 Å². The molecule has 2 aromatic carbocycles. The second kappa shape index (κ2) is 11.3. The highest BCUT2D eigenvalue weighted by molar-refractivity contribution is 5.88. The van der Waals surface area contributed by atoms with E-state index in [-0.39, 0.29) is 31.1 Å². The number of anilines is 4. The minimum absolute atomic E-state index is 0.0219. The number of nitrogens with one attached hydrogen (secondary N) is 3. The van der Waals surface area contributed by atoms with E-state index in [1.807, 2.05) is 66.5 Å². The fourth-order valence-electron chi connectivity index (χ4n) is 4.04. The van der Waals surface area contributed by atoms with E-state index in [1.54, 1.807) is 0 Å². The highest BCUT2D eigenvalue weighted by atomic mass is 16.2. The van der Waals surface area contributed by atoms with E-state index in [2.05, 4.69) is 31.8 Å². The van der Waals surface area contributed by atoms with Crippen LogP contribution >= 0.6 is 0 Å². The average molecular weight is 469 g/mol. The first-order valence-electron chi connectivity index (χ1n) is 11.4. The first-order chi connectivity index (χ1) is 17.0. The van der Waals surface area contributed by atoms with Crippen molar-refractivity contribution in [3.63, 3.8) is 0 Å². The van der Waals surface area contributed by atoms with Crippen LogP contribution in [-0.2, 0) is 22.7 Å². The molecule has 0 fully saturated rings. The van der Waals surface area contributed by atoms with E-state index >= 15 is 0 Å². The molecule has 178 valence electrons. The summed E-state index contributed by atoms with van der Waals surface area (Å²) < 4.78 is 0. The van der Waals surface area contributed by atoms with Crippen molar-refractivity contribution in [2.75, 3.05) is 24.2 Å². The summed E-state index contributed by atoms with van der Waals surface area (Å²) in [5, 5.41) is 9.53. The van der Waals surface area contributed by atoms with Gasteiger partial charge in [0, 0.05) is 43.4 Å². The van der Waals surface area contributed by atoms with E-state index in [9.17, 15) is 9.59 Å². The highest BCUT2D eigenvalue weighted by Crippen LogP contribution is 2.21. The molecule has 0 saturated carbocycles. The number of hydrogen-bond acceptors (Lipinski definition) is 7. The summed E-state index contributed by atoms with van der Waals surface area (Å²) in [4.78, 5) is 36.1. The lowest BCUT2D eigenvalue weighted by Gasteiger charge is -2.19. The fourth-order valence-corrected chi connectivity index (χ4v) is 4.04. The summed E-state index contributed by atoms with van der Waals surface area (Å²) in [5.74, 6) is 3.04. The van der Waals surface area contributed by atoms with Crippen molar-refractivity contribution in [2.45, 2.75) is 25.9 Å². The van der Waals surface area contributed by atoms with Gasteiger partial charge in [-0.25, -0.2) is 9.97 Å². The molecule has 3 aromatic rings. The maximum absolute atomic E-state index is 12.8. The molecule has 1 aliphatic rings. The van der Waals surface area contributed by atoms with E-state index in [0.29, 0.717) is 24.7 Å². The molecule has 1 atom stereocenters. The van der Waals surface area contributed by atoms with Crippen molar-refractivity contribution in [1.29, 1.82) is 0 Å². The van der Waals surface area contributed by atoms with Crippen molar-refractivity contribution in [2.24, 2.45) is 5.92 Å². The monoisotopic (exact) mass is 468 g/mol. The van der Waals surface area contributed by atoms with Crippen molar-refractivity contribution < 1.29 is 9.59 Å². The highest BCUT2D eigenvalue weighted by Gasteiger charge is 2.22. The molecule has 8 heteroatoms. The Morgan fingerprint density at radius 1 is 0.971 bits per heavy atom. The zero-order valence-corrected chi connectivity index (χ0v) is 19.6. The van der Waals surface area contributed by atoms with Crippen LogP contribution in [0.15, 0.2) is 60.9 Å². The number of terminal acetylenes is 1. The third-order valence-electron chi connectivity index (χ3n) is 5.64. The number of likely N-dealkylation sites (N-methyl/N-ethyl adjacent to an activating group) is 1. The first kappa shape index (κ1) is 23.9. The Labute approximate surface area is 205 Å². The molecule has 1 aliphatic heterocycles. The summed E-state index contributed by atoms with van der Waals surface area (Å²) >= 11 is 0. The summed E-state index contributed by atoms with van der Waals surface area (Å²) in [7, 11) is 1.88. The number of nitrogens with zero attached hydrogens (tertiary/aromatic N) is 3. The quantitative estimate of drug-likeness (QED) is 0.469. The van der Waals surface area contributed by atoms with Crippen molar-refractivity contribution in [3.8, 4) is 12.3 Å². The maximum atomic E-state index is 12.8. The summed E-state index contributed by atoms with van der Waals surface area (Å²) in [5.41, 5.74) is 3.67. The van der Waals surface area contributed by atoms with E-state index < -0.39 is 5.92 Å². The number of fused-ring (bicyclic) bond motifs is 6. The molecule has 0 spiro atoms. The molecular weight excluding hydrogens is 440 g/mol. The van der Waals surface area contributed by atoms with Crippen molar-refractivity contribution >= 4 is 34.7 Å². The molecule has 4 rings (SSSR count). The minimum Gasteiger partial charge on any atom is -0.352 e. The lowest BCUT2D eigenvalue weighted by molar-refractivity contribution is -0.129. The van der Waals surface area contributed by atoms with Crippen LogP contribution in [0, 0.1) is 18.3 Å². The SMILES string of the molecule is C#CCC1CC(=O)CN(C)Cc2cccc(c2)Nc2cc(ncn2)Nc2cccc(c2)CNC1=O. The van der Waals surface area contributed by atoms with E-state index in [4.69, 9.17) is 6.42 Å². The smallest absolute Gasteiger partial charge is 0.224 e. The Morgan fingerprint density at radius 3 is 2.31 bits per heavy atom. The number of hydrogen-bond donors (Lipinski definition) is 3. The van der Waals surface area contributed by atoms with Gasteiger partial charge in [0.05, 0.1) is 12.5 Å². The number of rotatable bonds is 1. The number of aromatic nitrogens is 2. The van der Waals surface area contributed by atoms with Crippen LogP contribution in [0.25, 0.3) is 0 Å². The lowest BCUT2D eigenvalue weighted by Crippen LogP contribution is -2.34. The second-order valence-corrected chi connectivity index (χ2v) is 8.68. The summed E-state index contributed by atoms with van der Waals surface area (Å²) in [6, 6.07) is 17.5. The summed E-state index contributed by atoms with van der Waals surface area (Å²) in [6.45, 7) is 1.14. The predicted molar refractivity (Wildman–Crippen MR) is 136 cm³/mol. The number of benzene rings is 2. The van der Waals surface area contributed by atoms with Crippen LogP contribution in [0.4, 0.5) is 23.0 Å². The third kappa shape index (κ3) is 6.88. The standard InChI is InChI=1S/C27H28N6O2/c1-3-6-21-13-24(34)17-33(2)16-20-8-5-10-23(12-20)32-26-14-25(29-18-30-26)31-22-9-4-7-19(11-22)15-28-27(21)35/h1,4-5,7-12,14,18,21H,6,13,15-17H2,2H3,(H,28,35)(H2,29,30,31,32). The normalized spacial score (nSPS) is 17.3. The average Bonchev–Trinajstić information content (AvgIpc) is 2.82. The zero-order valence-electron chi connectivity index (χ0n) is 19.6. The molecule has 0 saturated heterocycles. The maximum Gasteiger partial charge on any atom is 0.224 e. The second-order valence-electron chi connectivity index (χ2n) is 8.68. The van der Waals surface area contributed by atoms with Gasteiger partial charge >= 0.3 is 0 Å². The Bertz CT molecular complexity index is 1250. The van der Waals surface area contributed by atoms with Gasteiger partial charge in [-0.3, -0.25) is 14.5 Å². The number of ketones is 1. The topological polar surface area (TPSA) is 99.2 Å². The van der Waals surface area contributed by atoms with Gasteiger partial charge in [-0.15, -0.1) is 12.3 Å². The van der Waals surface area contributed by atoms with Crippen molar-refractivity contribution in [1.82, 2.24) is 20.2 Å². The lowest BCUT2D eigenvalue weighted by atomic mass is 9.97. The molecule has 0 radical (unpaired) electrons.